The maximum absolute atomic E-state index is 12.7. The third-order valence-corrected chi connectivity index (χ3v) is 4.46. The number of ketones is 1. The number of Topliss-reactive ketones (excluding diaryl/α,β-unsaturated/α-hetero) is 1. The van der Waals surface area contributed by atoms with Gasteiger partial charge in [0.2, 0.25) is 0 Å². The Morgan fingerprint density at radius 3 is 2.43 bits per heavy atom. The van der Waals surface area contributed by atoms with Crippen LogP contribution in [0.4, 0.5) is 0 Å². The van der Waals surface area contributed by atoms with Gasteiger partial charge < -0.3 is 4.74 Å². The number of rotatable bonds is 3. The van der Waals surface area contributed by atoms with Crippen molar-refractivity contribution >= 4 is 11.9 Å². The van der Waals surface area contributed by atoms with Crippen molar-refractivity contribution in [2.24, 2.45) is 0 Å². The van der Waals surface area contributed by atoms with Gasteiger partial charge in [0.1, 0.15) is 5.75 Å². The maximum atomic E-state index is 12.7. The number of carbonyl (C=O) groups is 1. The quantitative estimate of drug-likeness (QED) is 0.743. The second kappa shape index (κ2) is 6.41. The molecule has 0 aliphatic heterocycles. The number of ether oxygens (including phenoxy) is 1. The molecule has 0 fully saturated rings. The van der Waals surface area contributed by atoms with Crippen molar-refractivity contribution in [2.75, 3.05) is 7.11 Å². The normalized spacial score (nSPS) is 15.8. The molecular formula is C21H22O2. The van der Waals surface area contributed by atoms with E-state index in [1.165, 1.54) is 5.56 Å². The van der Waals surface area contributed by atoms with E-state index in [2.05, 4.69) is 38.1 Å². The van der Waals surface area contributed by atoms with Gasteiger partial charge in [-0.15, -0.1) is 0 Å². The van der Waals surface area contributed by atoms with Gasteiger partial charge in [0.15, 0.2) is 5.78 Å². The van der Waals surface area contributed by atoms with Gasteiger partial charge in [-0.3, -0.25) is 4.79 Å². The largest absolute Gasteiger partial charge is 0.497 e. The molecule has 0 spiro atoms. The van der Waals surface area contributed by atoms with Crippen LogP contribution in [0.1, 0.15) is 53.2 Å². The summed E-state index contributed by atoms with van der Waals surface area (Å²) < 4.78 is 5.24. The van der Waals surface area contributed by atoms with Crippen LogP contribution in [0.3, 0.4) is 0 Å². The minimum absolute atomic E-state index is 0.141. The zero-order valence-corrected chi connectivity index (χ0v) is 13.9. The van der Waals surface area contributed by atoms with E-state index in [0.717, 1.165) is 40.9 Å². The Hall–Kier alpha value is -2.35. The molecule has 0 saturated heterocycles. The van der Waals surface area contributed by atoms with Gasteiger partial charge in [0.05, 0.1) is 7.11 Å². The van der Waals surface area contributed by atoms with Crippen LogP contribution in [0.2, 0.25) is 0 Å². The van der Waals surface area contributed by atoms with E-state index in [1.807, 2.05) is 24.3 Å². The predicted molar refractivity (Wildman–Crippen MR) is 94.2 cm³/mol. The summed E-state index contributed by atoms with van der Waals surface area (Å²) >= 11 is 0. The molecule has 23 heavy (non-hydrogen) atoms. The van der Waals surface area contributed by atoms with Gasteiger partial charge in [0.25, 0.3) is 0 Å². The van der Waals surface area contributed by atoms with Crippen LogP contribution in [0, 0.1) is 0 Å². The van der Waals surface area contributed by atoms with Crippen molar-refractivity contribution < 1.29 is 9.53 Å². The third kappa shape index (κ3) is 3.21. The van der Waals surface area contributed by atoms with E-state index in [9.17, 15) is 4.79 Å². The number of methoxy groups -OCH3 is 1. The molecule has 0 atom stereocenters. The molecule has 2 heteroatoms. The number of fused-ring (bicyclic) bond motifs is 1. The van der Waals surface area contributed by atoms with E-state index in [0.29, 0.717) is 5.92 Å². The molecule has 0 radical (unpaired) electrons. The van der Waals surface area contributed by atoms with E-state index in [-0.39, 0.29) is 5.78 Å². The van der Waals surface area contributed by atoms with Crippen molar-refractivity contribution in [3.05, 3.63) is 70.3 Å². The average Bonchev–Trinajstić information content (AvgIpc) is 2.57. The van der Waals surface area contributed by atoms with Gasteiger partial charge in [-0.05, 0) is 59.7 Å². The van der Waals surface area contributed by atoms with Gasteiger partial charge in [0, 0.05) is 11.1 Å². The molecular weight excluding hydrogens is 284 g/mol. The number of hydrogen-bond acceptors (Lipinski definition) is 2. The summed E-state index contributed by atoms with van der Waals surface area (Å²) in [7, 11) is 1.65. The van der Waals surface area contributed by atoms with Crippen LogP contribution < -0.4 is 4.74 Å². The Labute approximate surface area is 137 Å². The zero-order valence-electron chi connectivity index (χ0n) is 13.9. The van der Waals surface area contributed by atoms with E-state index in [4.69, 9.17) is 4.74 Å². The van der Waals surface area contributed by atoms with E-state index >= 15 is 0 Å². The standard InChI is InChI=1S/C21H22O2/c1-14(2)16-6-4-15(5-7-16)12-18-9-8-17-13-19(23-3)10-11-20(17)21(18)22/h4-7,10-14H,8-9H2,1-3H3. The molecule has 3 rings (SSSR count). The molecule has 1 aliphatic rings. The summed E-state index contributed by atoms with van der Waals surface area (Å²) in [6, 6.07) is 14.2. The Morgan fingerprint density at radius 2 is 1.78 bits per heavy atom. The molecule has 2 aromatic rings. The number of hydrogen-bond donors (Lipinski definition) is 0. The molecule has 0 N–H and O–H groups in total. The van der Waals surface area contributed by atoms with Gasteiger partial charge >= 0.3 is 0 Å². The lowest BCUT2D eigenvalue weighted by Gasteiger charge is -2.18. The lowest BCUT2D eigenvalue weighted by molar-refractivity contribution is 0.102. The SMILES string of the molecule is COc1ccc2c(c1)CCC(=Cc1ccc(C(C)C)cc1)C2=O. The van der Waals surface area contributed by atoms with Gasteiger partial charge in [-0.2, -0.15) is 0 Å². The van der Waals surface area contributed by atoms with Crippen molar-refractivity contribution in [1.29, 1.82) is 0 Å². The molecule has 0 heterocycles. The summed E-state index contributed by atoms with van der Waals surface area (Å²) in [5.41, 5.74) is 5.19. The number of aryl methyl sites for hydroxylation is 1. The van der Waals surface area contributed by atoms with E-state index < -0.39 is 0 Å². The number of allylic oxidation sites excluding steroid dienone is 1. The number of carbonyl (C=O) groups excluding carboxylic acids is 1. The molecule has 2 aromatic carbocycles. The Morgan fingerprint density at radius 1 is 1.04 bits per heavy atom. The lowest BCUT2D eigenvalue weighted by atomic mass is 9.86. The fourth-order valence-electron chi connectivity index (χ4n) is 3.00. The van der Waals surface area contributed by atoms with Crippen LogP contribution in [0.25, 0.3) is 6.08 Å². The Bertz CT molecular complexity index is 752. The van der Waals surface area contributed by atoms with E-state index in [1.54, 1.807) is 7.11 Å². The third-order valence-electron chi connectivity index (χ3n) is 4.46. The zero-order chi connectivity index (χ0) is 16.4. The topological polar surface area (TPSA) is 26.3 Å². The first-order valence-electron chi connectivity index (χ1n) is 8.10. The molecule has 0 amide bonds. The first-order valence-corrected chi connectivity index (χ1v) is 8.10. The van der Waals surface area contributed by atoms with Crippen LogP contribution in [-0.4, -0.2) is 12.9 Å². The summed E-state index contributed by atoms with van der Waals surface area (Å²) in [5, 5.41) is 0. The maximum Gasteiger partial charge on any atom is 0.189 e. The lowest BCUT2D eigenvalue weighted by Crippen LogP contribution is -2.14. The molecule has 118 valence electrons. The molecule has 1 aliphatic carbocycles. The molecule has 2 nitrogen and oxygen atoms in total. The van der Waals surface area contributed by atoms with Crippen LogP contribution >= 0.6 is 0 Å². The highest BCUT2D eigenvalue weighted by Gasteiger charge is 2.22. The Balaban J connectivity index is 1.88. The Kier molecular flexibility index (Phi) is 4.33. The van der Waals surface area contributed by atoms with Gasteiger partial charge in [-0.1, -0.05) is 38.1 Å². The van der Waals surface area contributed by atoms with Crippen molar-refractivity contribution in [3.8, 4) is 5.75 Å². The molecule has 0 aromatic heterocycles. The fourth-order valence-corrected chi connectivity index (χ4v) is 3.00. The smallest absolute Gasteiger partial charge is 0.189 e. The molecule has 0 bridgehead atoms. The molecule has 0 unspecified atom stereocenters. The highest BCUT2D eigenvalue weighted by Crippen LogP contribution is 2.29. The fraction of sp³-hybridized carbons (Fsp3) is 0.286. The van der Waals surface area contributed by atoms with Crippen LogP contribution in [0.5, 0.6) is 5.75 Å². The van der Waals surface area contributed by atoms with Crippen LogP contribution in [-0.2, 0) is 6.42 Å². The first kappa shape index (κ1) is 15.5. The second-order valence-corrected chi connectivity index (χ2v) is 6.34. The first-order chi connectivity index (χ1) is 11.1. The summed E-state index contributed by atoms with van der Waals surface area (Å²) in [5.74, 6) is 1.48. The highest BCUT2D eigenvalue weighted by molar-refractivity contribution is 6.13. The summed E-state index contributed by atoms with van der Waals surface area (Å²) in [4.78, 5) is 12.7. The van der Waals surface area contributed by atoms with Crippen molar-refractivity contribution in [1.82, 2.24) is 0 Å². The summed E-state index contributed by atoms with van der Waals surface area (Å²) in [6.45, 7) is 4.37. The predicted octanol–water partition coefficient (Wildman–Crippen LogP) is 5.03. The minimum atomic E-state index is 0.141. The van der Waals surface area contributed by atoms with Crippen molar-refractivity contribution in [2.45, 2.75) is 32.6 Å². The highest BCUT2D eigenvalue weighted by atomic mass is 16.5. The second-order valence-electron chi connectivity index (χ2n) is 6.34. The average molecular weight is 306 g/mol. The monoisotopic (exact) mass is 306 g/mol. The van der Waals surface area contributed by atoms with Gasteiger partial charge in [-0.25, -0.2) is 0 Å². The van der Waals surface area contributed by atoms with Crippen molar-refractivity contribution in [3.63, 3.8) is 0 Å². The number of benzene rings is 2. The van der Waals surface area contributed by atoms with Crippen LogP contribution in [0.15, 0.2) is 48.0 Å². The summed E-state index contributed by atoms with van der Waals surface area (Å²) in [6.07, 6.45) is 3.69. The molecule has 0 saturated carbocycles. The minimum Gasteiger partial charge on any atom is -0.497 e.